The van der Waals surface area contributed by atoms with Crippen molar-refractivity contribution in [2.45, 2.75) is 24.7 Å². The van der Waals surface area contributed by atoms with Gasteiger partial charge in [0.2, 0.25) is 0 Å². The monoisotopic (exact) mass is 167 g/mol. The van der Waals surface area contributed by atoms with Crippen LogP contribution in [-0.4, -0.2) is 21.9 Å². The number of nitrogen functional groups attached to an aromatic ring is 1. The smallest absolute Gasteiger partial charge is 0.145 e. The number of aliphatic hydroxyl groups excluding tert-OH is 1. The van der Waals surface area contributed by atoms with E-state index in [1.807, 2.05) is 6.07 Å². The number of nitrogens with two attached hydrogens (primary N) is 1. The molecule has 1 saturated carbocycles. The molecule has 0 unspecified atom stereocenters. The van der Waals surface area contributed by atoms with Crippen LogP contribution in [0.2, 0.25) is 0 Å². The van der Waals surface area contributed by atoms with E-state index in [0.29, 0.717) is 5.82 Å². The Kier molecular flexibility index (Phi) is 1.58. The fourth-order valence-electron chi connectivity index (χ4n) is 1.63. The molecule has 0 amide bonds. The second kappa shape index (κ2) is 2.48. The van der Waals surface area contributed by atoms with Crippen LogP contribution in [0, 0.1) is 0 Å². The van der Waals surface area contributed by atoms with Gasteiger partial charge in [-0.2, -0.15) is 5.10 Å². The molecule has 1 aromatic heterocycles. The predicted molar refractivity (Wildman–Crippen MR) is 45.6 cm³/mol. The molecule has 1 aliphatic carbocycles. The molecule has 1 aromatic rings. The Bertz CT molecular complexity index is 278. The van der Waals surface area contributed by atoms with E-state index in [2.05, 4.69) is 10.2 Å². The topological polar surface area (TPSA) is 74.9 Å². The van der Waals surface area contributed by atoms with Crippen LogP contribution in [0.5, 0.6) is 0 Å². The second-order valence-corrected chi connectivity index (χ2v) is 3.46. The summed E-state index contributed by atoms with van der Waals surface area (Å²) in [4.78, 5) is 0. The highest BCUT2D eigenvalue weighted by atomic mass is 16.3. The molecule has 4 nitrogen and oxygen atoms in total. The molecule has 12 heavy (non-hydrogen) atoms. The van der Waals surface area contributed by atoms with Crippen LogP contribution >= 0.6 is 0 Å². The number of nitrogens with zero attached hydrogens (tertiary/aromatic N) is 1. The van der Waals surface area contributed by atoms with Crippen molar-refractivity contribution in [1.29, 1.82) is 0 Å². The zero-order chi connectivity index (χ0) is 8.60. The summed E-state index contributed by atoms with van der Waals surface area (Å²) >= 11 is 0. The van der Waals surface area contributed by atoms with Crippen LogP contribution < -0.4 is 5.73 Å². The number of hydrogen-bond donors (Lipinski definition) is 3. The zero-order valence-electron chi connectivity index (χ0n) is 6.88. The Labute approximate surface area is 70.8 Å². The summed E-state index contributed by atoms with van der Waals surface area (Å²) in [6.45, 7) is 0.235. The van der Waals surface area contributed by atoms with Gasteiger partial charge in [0.05, 0.1) is 0 Å². The molecule has 0 saturated heterocycles. The first kappa shape index (κ1) is 7.61. The van der Waals surface area contributed by atoms with Gasteiger partial charge < -0.3 is 10.8 Å². The molecule has 0 spiro atoms. The summed E-state index contributed by atoms with van der Waals surface area (Å²) in [7, 11) is 0. The first-order valence-electron chi connectivity index (χ1n) is 4.19. The third-order valence-electron chi connectivity index (χ3n) is 2.61. The second-order valence-electron chi connectivity index (χ2n) is 3.46. The van der Waals surface area contributed by atoms with Gasteiger partial charge in [0, 0.05) is 23.8 Å². The van der Waals surface area contributed by atoms with Gasteiger partial charge in [-0.25, -0.2) is 0 Å². The lowest BCUT2D eigenvalue weighted by Gasteiger charge is -2.09. The molecule has 1 fully saturated rings. The van der Waals surface area contributed by atoms with Crippen molar-refractivity contribution in [3.8, 4) is 0 Å². The maximum absolute atomic E-state index is 8.84. The van der Waals surface area contributed by atoms with E-state index in [4.69, 9.17) is 10.8 Å². The van der Waals surface area contributed by atoms with Crippen LogP contribution in [0.15, 0.2) is 6.07 Å². The van der Waals surface area contributed by atoms with E-state index in [-0.39, 0.29) is 12.0 Å². The number of aromatic nitrogens is 2. The lowest BCUT2D eigenvalue weighted by Crippen LogP contribution is -2.09. The Morgan fingerprint density at radius 3 is 2.83 bits per heavy atom. The quantitative estimate of drug-likeness (QED) is 0.610. The van der Waals surface area contributed by atoms with Crippen molar-refractivity contribution in [1.82, 2.24) is 10.2 Å². The number of hydrogen-bond acceptors (Lipinski definition) is 3. The van der Waals surface area contributed by atoms with Crippen molar-refractivity contribution in [3.63, 3.8) is 0 Å². The van der Waals surface area contributed by atoms with Crippen molar-refractivity contribution >= 4 is 5.82 Å². The summed E-state index contributed by atoms with van der Waals surface area (Å²) in [5.41, 5.74) is 6.74. The molecule has 1 heterocycles. The van der Waals surface area contributed by atoms with Gasteiger partial charge in [0.15, 0.2) is 0 Å². The van der Waals surface area contributed by atoms with Crippen molar-refractivity contribution in [2.75, 3.05) is 12.3 Å². The minimum atomic E-state index is 0.166. The standard InChI is InChI=1S/C8H13N3O/c9-7-5-6(10-11-7)8(1-2-8)3-4-12/h5,12H,1-4H2,(H3,9,10,11). The first-order chi connectivity index (χ1) is 5.77. The lowest BCUT2D eigenvalue weighted by molar-refractivity contribution is 0.270. The molecule has 66 valence electrons. The highest BCUT2D eigenvalue weighted by Crippen LogP contribution is 2.50. The summed E-state index contributed by atoms with van der Waals surface area (Å²) in [6.07, 6.45) is 3.08. The van der Waals surface area contributed by atoms with Gasteiger partial charge in [-0.15, -0.1) is 0 Å². The Balaban J connectivity index is 2.18. The predicted octanol–water partition coefficient (Wildman–Crippen LogP) is 0.406. The Morgan fingerprint density at radius 1 is 1.67 bits per heavy atom. The maximum Gasteiger partial charge on any atom is 0.145 e. The largest absolute Gasteiger partial charge is 0.396 e. The lowest BCUT2D eigenvalue weighted by atomic mass is 9.99. The minimum Gasteiger partial charge on any atom is -0.396 e. The first-order valence-corrected chi connectivity index (χ1v) is 4.19. The molecular weight excluding hydrogens is 154 g/mol. The van der Waals surface area contributed by atoms with E-state index in [0.717, 1.165) is 25.0 Å². The molecule has 0 atom stereocenters. The van der Waals surface area contributed by atoms with Crippen LogP contribution in [0.1, 0.15) is 25.0 Å². The van der Waals surface area contributed by atoms with Crippen molar-refractivity contribution in [3.05, 3.63) is 11.8 Å². The van der Waals surface area contributed by atoms with Crippen molar-refractivity contribution < 1.29 is 5.11 Å². The number of H-pyrrole nitrogens is 1. The van der Waals surface area contributed by atoms with Gasteiger partial charge in [0.25, 0.3) is 0 Å². The Hall–Kier alpha value is -1.03. The normalized spacial score (nSPS) is 19.4. The fraction of sp³-hybridized carbons (Fsp3) is 0.625. The van der Waals surface area contributed by atoms with E-state index < -0.39 is 0 Å². The Morgan fingerprint density at radius 2 is 2.42 bits per heavy atom. The number of nitrogens with one attached hydrogen (secondary N) is 1. The average Bonchev–Trinajstić information content (AvgIpc) is 2.69. The molecule has 2 rings (SSSR count). The molecule has 0 radical (unpaired) electrons. The van der Waals surface area contributed by atoms with Crippen LogP contribution in [-0.2, 0) is 5.41 Å². The highest BCUT2D eigenvalue weighted by molar-refractivity contribution is 5.35. The van der Waals surface area contributed by atoms with Gasteiger partial charge in [-0.3, -0.25) is 5.10 Å². The van der Waals surface area contributed by atoms with Crippen LogP contribution in [0.4, 0.5) is 5.82 Å². The van der Waals surface area contributed by atoms with E-state index in [9.17, 15) is 0 Å². The zero-order valence-corrected chi connectivity index (χ0v) is 6.88. The van der Waals surface area contributed by atoms with Crippen LogP contribution in [0.3, 0.4) is 0 Å². The third-order valence-corrected chi connectivity index (χ3v) is 2.61. The fourth-order valence-corrected chi connectivity index (χ4v) is 1.63. The molecule has 0 aliphatic heterocycles. The number of anilines is 1. The van der Waals surface area contributed by atoms with E-state index >= 15 is 0 Å². The van der Waals surface area contributed by atoms with Crippen molar-refractivity contribution in [2.24, 2.45) is 0 Å². The van der Waals surface area contributed by atoms with E-state index in [1.165, 1.54) is 0 Å². The summed E-state index contributed by atoms with van der Waals surface area (Å²) < 4.78 is 0. The minimum absolute atomic E-state index is 0.166. The maximum atomic E-state index is 8.84. The molecule has 0 aromatic carbocycles. The van der Waals surface area contributed by atoms with E-state index in [1.54, 1.807) is 0 Å². The molecule has 0 bridgehead atoms. The SMILES string of the molecule is Nc1cc(C2(CCO)CC2)[nH]n1. The summed E-state index contributed by atoms with van der Waals surface area (Å²) in [5.74, 6) is 0.536. The third kappa shape index (κ3) is 1.08. The molecule has 1 aliphatic rings. The number of aliphatic hydroxyl groups is 1. The van der Waals surface area contributed by atoms with Crippen LogP contribution in [0.25, 0.3) is 0 Å². The highest BCUT2D eigenvalue weighted by Gasteiger charge is 2.44. The van der Waals surface area contributed by atoms with Gasteiger partial charge in [-0.1, -0.05) is 0 Å². The van der Waals surface area contributed by atoms with Gasteiger partial charge in [0.1, 0.15) is 5.82 Å². The molecule has 4 heteroatoms. The summed E-state index contributed by atoms with van der Waals surface area (Å²) in [5, 5.41) is 15.6. The molecular formula is C8H13N3O. The number of aromatic amines is 1. The molecule has 4 N–H and O–H groups in total. The number of rotatable bonds is 3. The average molecular weight is 167 g/mol. The van der Waals surface area contributed by atoms with Gasteiger partial charge in [-0.05, 0) is 19.3 Å². The van der Waals surface area contributed by atoms with Gasteiger partial charge >= 0.3 is 0 Å². The summed E-state index contributed by atoms with van der Waals surface area (Å²) in [6, 6.07) is 1.86.